The molecular weight excluding hydrogens is 286 g/mol. The lowest BCUT2D eigenvalue weighted by Gasteiger charge is -2.22. The highest BCUT2D eigenvalue weighted by molar-refractivity contribution is 9.10. The van der Waals surface area contributed by atoms with Crippen LogP contribution in [0.15, 0.2) is 4.47 Å². The molecule has 0 aliphatic heterocycles. The fraction of sp³-hybridized carbons (Fsp3) is 0.727. The lowest BCUT2D eigenvalue weighted by molar-refractivity contribution is 0.566. The monoisotopic (exact) mass is 305 g/mol. The van der Waals surface area contributed by atoms with Crippen molar-refractivity contribution < 1.29 is 0 Å². The third-order valence-electron chi connectivity index (χ3n) is 2.66. The third kappa shape index (κ3) is 3.50. The van der Waals surface area contributed by atoms with Crippen molar-refractivity contribution in [3.63, 3.8) is 0 Å². The number of hydrogen-bond acceptors (Lipinski definition) is 3. The Bertz CT molecular complexity index is 360. The van der Waals surface area contributed by atoms with Gasteiger partial charge in [-0.05, 0) is 43.0 Å². The first kappa shape index (κ1) is 14.1. The maximum Gasteiger partial charge on any atom is 0.0739 e. The van der Waals surface area contributed by atoms with Crippen molar-refractivity contribution in [2.75, 3.05) is 12.8 Å². The third-order valence-corrected chi connectivity index (χ3v) is 4.94. The first-order valence-corrected chi connectivity index (χ1v) is 7.33. The van der Waals surface area contributed by atoms with E-state index in [0.29, 0.717) is 0 Å². The number of halogens is 1. The number of rotatable bonds is 5. The van der Waals surface area contributed by atoms with Gasteiger partial charge in [-0.15, -0.1) is 0 Å². The molecule has 0 saturated heterocycles. The van der Waals surface area contributed by atoms with Gasteiger partial charge in [-0.2, -0.15) is 16.9 Å². The Hall–Kier alpha value is 0. The Morgan fingerprint density at radius 2 is 2.12 bits per heavy atom. The number of nitrogens with zero attached hydrogens (tertiary/aromatic N) is 2. The molecule has 0 amide bonds. The minimum absolute atomic E-state index is 0.278. The molecule has 0 radical (unpaired) electrons. The van der Waals surface area contributed by atoms with Crippen molar-refractivity contribution in [3.8, 4) is 0 Å². The van der Waals surface area contributed by atoms with Crippen LogP contribution in [-0.2, 0) is 13.6 Å². The van der Waals surface area contributed by atoms with Crippen LogP contribution in [0.25, 0.3) is 0 Å². The molecule has 1 aromatic heterocycles. The van der Waals surface area contributed by atoms with Crippen molar-refractivity contribution in [1.29, 1.82) is 0 Å². The molecule has 0 fully saturated rings. The summed E-state index contributed by atoms with van der Waals surface area (Å²) in [5.74, 6) is 0. The average Bonchev–Trinajstić information content (AvgIpc) is 2.44. The van der Waals surface area contributed by atoms with Gasteiger partial charge >= 0.3 is 0 Å². The van der Waals surface area contributed by atoms with Crippen LogP contribution < -0.4 is 5.32 Å². The molecule has 1 N–H and O–H groups in total. The lowest BCUT2D eigenvalue weighted by atomic mass is 10.2. The number of nitrogens with one attached hydrogen (secondary N) is 1. The Morgan fingerprint density at radius 3 is 2.56 bits per heavy atom. The molecule has 1 aromatic rings. The smallest absolute Gasteiger partial charge is 0.0739 e. The van der Waals surface area contributed by atoms with Gasteiger partial charge < -0.3 is 5.32 Å². The van der Waals surface area contributed by atoms with E-state index in [4.69, 9.17) is 0 Å². The van der Waals surface area contributed by atoms with Gasteiger partial charge in [0, 0.05) is 24.9 Å². The average molecular weight is 306 g/mol. The van der Waals surface area contributed by atoms with Crippen LogP contribution in [0.5, 0.6) is 0 Å². The zero-order valence-electron chi connectivity index (χ0n) is 10.6. The summed E-state index contributed by atoms with van der Waals surface area (Å²) in [6, 6.07) is 0. The summed E-state index contributed by atoms with van der Waals surface area (Å²) in [7, 11) is 1.98. The van der Waals surface area contributed by atoms with E-state index < -0.39 is 0 Å². The number of thioether (sulfide) groups is 1. The van der Waals surface area contributed by atoms with Gasteiger partial charge in [0.2, 0.25) is 0 Å². The molecule has 0 aliphatic carbocycles. The fourth-order valence-electron chi connectivity index (χ4n) is 1.43. The van der Waals surface area contributed by atoms with Crippen LogP contribution in [0.2, 0.25) is 0 Å². The highest BCUT2D eigenvalue weighted by atomic mass is 79.9. The molecule has 0 aliphatic rings. The van der Waals surface area contributed by atoms with Crippen LogP contribution in [0.1, 0.15) is 25.2 Å². The largest absolute Gasteiger partial charge is 0.310 e. The van der Waals surface area contributed by atoms with E-state index in [2.05, 4.69) is 46.4 Å². The van der Waals surface area contributed by atoms with E-state index >= 15 is 0 Å². The predicted molar refractivity (Wildman–Crippen MR) is 74.9 cm³/mol. The molecule has 1 heterocycles. The molecule has 0 bridgehead atoms. The van der Waals surface area contributed by atoms with Crippen LogP contribution in [0.4, 0.5) is 0 Å². The van der Waals surface area contributed by atoms with Gasteiger partial charge in [0.15, 0.2) is 0 Å². The standard InChI is InChI=1S/C11H20BrN3S/c1-8-10(12)9(15(4)14-8)6-13-7-11(2,3)16-5/h13H,6-7H2,1-5H3. The highest BCUT2D eigenvalue weighted by Crippen LogP contribution is 2.22. The minimum Gasteiger partial charge on any atom is -0.310 e. The molecular formula is C11H20BrN3S. The van der Waals surface area contributed by atoms with Crippen molar-refractivity contribution >= 4 is 27.7 Å². The molecule has 92 valence electrons. The summed E-state index contributed by atoms with van der Waals surface area (Å²) in [4.78, 5) is 0. The van der Waals surface area contributed by atoms with Crippen LogP contribution in [0.3, 0.4) is 0 Å². The summed E-state index contributed by atoms with van der Waals surface area (Å²) >= 11 is 5.45. The summed E-state index contributed by atoms with van der Waals surface area (Å²) in [6.45, 7) is 8.34. The van der Waals surface area contributed by atoms with Gasteiger partial charge in [-0.1, -0.05) is 0 Å². The minimum atomic E-state index is 0.278. The summed E-state index contributed by atoms with van der Waals surface area (Å²) in [5.41, 5.74) is 2.25. The fourth-order valence-corrected chi connectivity index (χ4v) is 2.15. The van der Waals surface area contributed by atoms with Crippen LogP contribution >= 0.6 is 27.7 Å². The maximum atomic E-state index is 4.37. The summed E-state index contributed by atoms with van der Waals surface area (Å²) < 4.78 is 3.32. The SMILES string of the molecule is CSC(C)(C)CNCc1c(Br)c(C)nn1C. The number of aromatic nitrogens is 2. The molecule has 0 saturated carbocycles. The van der Waals surface area contributed by atoms with Crippen molar-refractivity contribution in [3.05, 3.63) is 15.9 Å². The van der Waals surface area contributed by atoms with Crippen molar-refractivity contribution in [2.45, 2.75) is 32.1 Å². The quantitative estimate of drug-likeness (QED) is 0.907. The van der Waals surface area contributed by atoms with E-state index in [1.54, 1.807) is 0 Å². The van der Waals surface area contributed by atoms with E-state index in [1.807, 2.05) is 30.4 Å². The normalized spacial score (nSPS) is 12.1. The second kappa shape index (κ2) is 5.56. The molecule has 1 rings (SSSR count). The van der Waals surface area contributed by atoms with Crippen LogP contribution in [0, 0.1) is 6.92 Å². The van der Waals surface area contributed by atoms with E-state index in [1.165, 1.54) is 5.69 Å². The molecule has 0 spiro atoms. The van der Waals surface area contributed by atoms with Crippen molar-refractivity contribution in [2.24, 2.45) is 7.05 Å². The van der Waals surface area contributed by atoms with Gasteiger partial charge in [-0.3, -0.25) is 4.68 Å². The van der Waals surface area contributed by atoms with Gasteiger partial charge in [0.25, 0.3) is 0 Å². The lowest BCUT2D eigenvalue weighted by Crippen LogP contribution is -2.32. The topological polar surface area (TPSA) is 29.9 Å². The Balaban J connectivity index is 2.55. The molecule has 3 nitrogen and oxygen atoms in total. The van der Waals surface area contributed by atoms with Gasteiger partial charge in [0.1, 0.15) is 0 Å². The molecule has 0 aromatic carbocycles. The molecule has 5 heteroatoms. The Labute approximate surface area is 110 Å². The Kier molecular flexibility index (Phi) is 4.88. The number of hydrogen-bond donors (Lipinski definition) is 1. The summed E-state index contributed by atoms with van der Waals surface area (Å²) in [6.07, 6.45) is 2.14. The maximum absolute atomic E-state index is 4.37. The van der Waals surface area contributed by atoms with Gasteiger partial charge in [-0.25, -0.2) is 0 Å². The number of aryl methyl sites for hydroxylation is 2. The van der Waals surface area contributed by atoms with Gasteiger partial charge in [0.05, 0.1) is 15.9 Å². The predicted octanol–water partition coefficient (Wildman–Crippen LogP) is 2.72. The first-order valence-electron chi connectivity index (χ1n) is 5.31. The molecule has 16 heavy (non-hydrogen) atoms. The zero-order chi connectivity index (χ0) is 12.3. The second-order valence-electron chi connectivity index (χ2n) is 4.54. The Morgan fingerprint density at radius 1 is 1.50 bits per heavy atom. The van der Waals surface area contributed by atoms with Crippen molar-refractivity contribution in [1.82, 2.24) is 15.1 Å². The van der Waals surface area contributed by atoms with E-state index in [0.717, 1.165) is 23.3 Å². The first-order chi connectivity index (χ1) is 7.37. The molecule has 0 atom stereocenters. The highest BCUT2D eigenvalue weighted by Gasteiger charge is 2.16. The van der Waals surface area contributed by atoms with E-state index in [-0.39, 0.29) is 4.75 Å². The summed E-state index contributed by atoms with van der Waals surface area (Å²) in [5, 5.41) is 7.85. The zero-order valence-corrected chi connectivity index (χ0v) is 13.0. The second-order valence-corrected chi connectivity index (χ2v) is 6.84. The van der Waals surface area contributed by atoms with E-state index in [9.17, 15) is 0 Å². The van der Waals surface area contributed by atoms with Crippen LogP contribution in [-0.4, -0.2) is 27.3 Å². The molecule has 0 unspecified atom stereocenters.